The van der Waals surface area contributed by atoms with E-state index in [2.05, 4.69) is 10.6 Å². The van der Waals surface area contributed by atoms with Crippen molar-refractivity contribution in [2.24, 2.45) is 0 Å². The lowest BCUT2D eigenvalue weighted by atomic mass is 10.1. The number of ether oxygens (including phenoxy) is 1. The molecule has 20 heavy (non-hydrogen) atoms. The lowest BCUT2D eigenvalue weighted by molar-refractivity contribution is -0.123. The van der Waals surface area contributed by atoms with Crippen LogP contribution in [0.5, 0.6) is 0 Å². The number of carboxylic acids is 1. The maximum absolute atomic E-state index is 11.7. The second-order valence-corrected chi connectivity index (χ2v) is 4.39. The predicted octanol–water partition coefficient (Wildman–Crippen LogP) is 0.626. The fourth-order valence-electron chi connectivity index (χ4n) is 1.61. The first-order valence-corrected chi connectivity index (χ1v) is 6.37. The second kappa shape index (κ2) is 8.29. The summed E-state index contributed by atoms with van der Waals surface area (Å²) in [5, 5.41) is 14.7. The van der Waals surface area contributed by atoms with Gasteiger partial charge in [0.2, 0.25) is 5.91 Å². The van der Waals surface area contributed by atoms with E-state index in [1.54, 1.807) is 26.2 Å². The standard InChI is InChI=1S/C14H20N2O4/c1-10(13(17)15-6-7-20-2)16-9-11-4-3-5-12(8-11)14(18)19/h3-5,8,10,16H,6-7,9H2,1-2H3,(H,15,17)(H,18,19). The molecule has 0 saturated heterocycles. The lowest BCUT2D eigenvalue weighted by Crippen LogP contribution is -2.42. The third kappa shape index (κ3) is 5.38. The Hall–Kier alpha value is -1.92. The number of rotatable bonds is 8. The number of amides is 1. The van der Waals surface area contributed by atoms with Crippen LogP contribution in [0.1, 0.15) is 22.8 Å². The number of carbonyl (C=O) groups is 2. The highest BCUT2D eigenvalue weighted by molar-refractivity contribution is 5.87. The van der Waals surface area contributed by atoms with Gasteiger partial charge in [-0.25, -0.2) is 4.79 Å². The van der Waals surface area contributed by atoms with E-state index in [4.69, 9.17) is 9.84 Å². The molecule has 0 saturated carbocycles. The van der Waals surface area contributed by atoms with Crippen molar-refractivity contribution in [3.63, 3.8) is 0 Å². The van der Waals surface area contributed by atoms with Gasteiger partial charge in [-0.05, 0) is 24.6 Å². The van der Waals surface area contributed by atoms with Gasteiger partial charge in [-0.3, -0.25) is 4.79 Å². The zero-order valence-electron chi connectivity index (χ0n) is 11.7. The van der Waals surface area contributed by atoms with Gasteiger partial charge in [0.25, 0.3) is 0 Å². The summed E-state index contributed by atoms with van der Waals surface area (Å²) in [6.07, 6.45) is 0. The minimum atomic E-state index is -0.961. The minimum Gasteiger partial charge on any atom is -0.478 e. The molecule has 1 rings (SSSR count). The van der Waals surface area contributed by atoms with E-state index < -0.39 is 5.97 Å². The van der Waals surface area contributed by atoms with Crippen molar-refractivity contribution in [3.8, 4) is 0 Å². The Morgan fingerprint density at radius 3 is 2.80 bits per heavy atom. The van der Waals surface area contributed by atoms with Crippen molar-refractivity contribution in [3.05, 3.63) is 35.4 Å². The van der Waals surface area contributed by atoms with Crippen LogP contribution in [0.4, 0.5) is 0 Å². The van der Waals surface area contributed by atoms with Crippen LogP contribution >= 0.6 is 0 Å². The van der Waals surface area contributed by atoms with E-state index in [0.717, 1.165) is 5.56 Å². The van der Waals surface area contributed by atoms with Crippen LogP contribution in [-0.2, 0) is 16.1 Å². The smallest absolute Gasteiger partial charge is 0.335 e. The maximum atomic E-state index is 11.7. The monoisotopic (exact) mass is 280 g/mol. The fourth-order valence-corrected chi connectivity index (χ4v) is 1.61. The molecule has 1 atom stereocenters. The van der Waals surface area contributed by atoms with Gasteiger partial charge in [0.1, 0.15) is 0 Å². The first-order chi connectivity index (χ1) is 9.54. The number of benzene rings is 1. The van der Waals surface area contributed by atoms with E-state index in [1.807, 2.05) is 6.07 Å². The topological polar surface area (TPSA) is 87.7 Å². The zero-order chi connectivity index (χ0) is 15.0. The SMILES string of the molecule is COCCNC(=O)C(C)NCc1cccc(C(=O)O)c1. The average Bonchev–Trinajstić information content (AvgIpc) is 2.45. The average molecular weight is 280 g/mol. The van der Waals surface area contributed by atoms with Gasteiger partial charge in [-0.15, -0.1) is 0 Å². The number of aromatic carboxylic acids is 1. The molecule has 0 aliphatic heterocycles. The number of hydrogen-bond donors (Lipinski definition) is 3. The molecule has 1 unspecified atom stereocenters. The second-order valence-electron chi connectivity index (χ2n) is 4.39. The van der Waals surface area contributed by atoms with Crippen molar-refractivity contribution < 1.29 is 19.4 Å². The largest absolute Gasteiger partial charge is 0.478 e. The molecule has 0 fully saturated rings. The van der Waals surface area contributed by atoms with Crippen LogP contribution in [0.25, 0.3) is 0 Å². The molecule has 110 valence electrons. The van der Waals surface area contributed by atoms with Crippen molar-refractivity contribution in [1.82, 2.24) is 10.6 Å². The third-order valence-electron chi connectivity index (χ3n) is 2.79. The summed E-state index contributed by atoms with van der Waals surface area (Å²) in [6.45, 7) is 3.12. The number of hydrogen-bond acceptors (Lipinski definition) is 4. The van der Waals surface area contributed by atoms with Crippen molar-refractivity contribution in [2.45, 2.75) is 19.5 Å². The molecule has 0 radical (unpaired) electrons. The molecular weight excluding hydrogens is 260 g/mol. The molecule has 6 nitrogen and oxygen atoms in total. The highest BCUT2D eigenvalue weighted by Gasteiger charge is 2.11. The Labute approximate surface area is 118 Å². The number of nitrogens with one attached hydrogen (secondary N) is 2. The quantitative estimate of drug-likeness (QED) is 0.608. The Morgan fingerprint density at radius 1 is 1.40 bits per heavy atom. The van der Waals surface area contributed by atoms with Crippen LogP contribution < -0.4 is 10.6 Å². The van der Waals surface area contributed by atoms with E-state index in [1.165, 1.54) is 6.07 Å². The van der Waals surface area contributed by atoms with Crippen LogP contribution in [0.15, 0.2) is 24.3 Å². The minimum absolute atomic E-state index is 0.114. The number of methoxy groups -OCH3 is 1. The van der Waals surface area contributed by atoms with Crippen molar-refractivity contribution >= 4 is 11.9 Å². The summed E-state index contributed by atoms with van der Waals surface area (Å²) >= 11 is 0. The van der Waals surface area contributed by atoms with Gasteiger partial charge in [-0.1, -0.05) is 12.1 Å². The van der Waals surface area contributed by atoms with Gasteiger partial charge in [0, 0.05) is 20.2 Å². The first-order valence-electron chi connectivity index (χ1n) is 6.37. The Morgan fingerprint density at radius 2 is 2.15 bits per heavy atom. The van der Waals surface area contributed by atoms with Crippen molar-refractivity contribution in [1.29, 1.82) is 0 Å². The molecule has 0 spiro atoms. The van der Waals surface area contributed by atoms with E-state index in [0.29, 0.717) is 19.7 Å². The molecule has 3 N–H and O–H groups in total. The molecule has 0 heterocycles. The van der Waals surface area contributed by atoms with Gasteiger partial charge in [0.05, 0.1) is 18.2 Å². The van der Waals surface area contributed by atoms with Gasteiger partial charge >= 0.3 is 5.97 Å². The number of carboxylic acid groups (broad SMARTS) is 1. The maximum Gasteiger partial charge on any atom is 0.335 e. The van der Waals surface area contributed by atoms with Crippen LogP contribution in [0, 0.1) is 0 Å². The van der Waals surface area contributed by atoms with Gasteiger partial charge in [-0.2, -0.15) is 0 Å². The van der Waals surface area contributed by atoms with Gasteiger partial charge in [0.15, 0.2) is 0 Å². The molecule has 1 amide bonds. The van der Waals surface area contributed by atoms with Crippen molar-refractivity contribution in [2.75, 3.05) is 20.3 Å². The summed E-state index contributed by atoms with van der Waals surface area (Å²) in [5.41, 5.74) is 1.06. The summed E-state index contributed by atoms with van der Waals surface area (Å²) in [7, 11) is 1.57. The summed E-state index contributed by atoms with van der Waals surface area (Å²) < 4.78 is 4.85. The van der Waals surface area contributed by atoms with E-state index >= 15 is 0 Å². The molecule has 1 aromatic rings. The Balaban J connectivity index is 2.44. The molecule has 0 aliphatic carbocycles. The van der Waals surface area contributed by atoms with Crippen LogP contribution in [-0.4, -0.2) is 43.3 Å². The molecule has 0 aliphatic rings. The first kappa shape index (κ1) is 16.1. The third-order valence-corrected chi connectivity index (χ3v) is 2.79. The number of carbonyl (C=O) groups excluding carboxylic acids is 1. The fraction of sp³-hybridized carbons (Fsp3) is 0.429. The zero-order valence-corrected chi connectivity index (χ0v) is 11.7. The normalized spacial score (nSPS) is 11.9. The summed E-state index contributed by atoms with van der Waals surface area (Å²) in [5.74, 6) is -1.08. The molecule has 1 aromatic carbocycles. The molecular formula is C14H20N2O4. The van der Waals surface area contributed by atoms with E-state index in [-0.39, 0.29) is 17.5 Å². The highest BCUT2D eigenvalue weighted by atomic mass is 16.5. The van der Waals surface area contributed by atoms with E-state index in [9.17, 15) is 9.59 Å². The Kier molecular flexibility index (Phi) is 6.69. The molecule has 6 heteroatoms. The van der Waals surface area contributed by atoms with Gasteiger partial charge < -0.3 is 20.5 Å². The highest BCUT2D eigenvalue weighted by Crippen LogP contribution is 2.05. The predicted molar refractivity (Wildman–Crippen MR) is 74.6 cm³/mol. The molecule has 0 bridgehead atoms. The van der Waals surface area contributed by atoms with Crippen LogP contribution in [0.3, 0.4) is 0 Å². The summed E-state index contributed by atoms with van der Waals surface area (Å²) in [6, 6.07) is 6.26. The summed E-state index contributed by atoms with van der Waals surface area (Å²) in [4.78, 5) is 22.5. The lowest BCUT2D eigenvalue weighted by Gasteiger charge is -2.14. The van der Waals surface area contributed by atoms with Crippen LogP contribution in [0.2, 0.25) is 0 Å². The Bertz CT molecular complexity index is 462. The molecule has 0 aromatic heterocycles.